The first-order valence-corrected chi connectivity index (χ1v) is 8.18. The molecule has 20 heavy (non-hydrogen) atoms. The monoisotopic (exact) mass is 359 g/mol. The van der Waals surface area contributed by atoms with Gasteiger partial charge in [0.1, 0.15) is 11.6 Å². The molecule has 1 atom stereocenters. The van der Waals surface area contributed by atoms with E-state index >= 15 is 0 Å². The standard InChI is InChI=1S/C15H16BrF2NS/c1-3-4-19-15(11-8-20-7-9(11)2)10-5-14(18)12(16)6-13(10)17/h5-8,15,19H,3-4H2,1-2H3. The lowest BCUT2D eigenvalue weighted by atomic mass is 9.97. The van der Waals surface area contributed by atoms with Crippen molar-refractivity contribution in [3.05, 3.63) is 55.7 Å². The number of halogens is 3. The van der Waals surface area contributed by atoms with Gasteiger partial charge in [0.15, 0.2) is 0 Å². The van der Waals surface area contributed by atoms with Crippen LogP contribution >= 0.6 is 27.3 Å². The Morgan fingerprint density at radius 2 is 1.95 bits per heavy atom. The van der Waals surface area contributed by atoms with Crippen molar-refractivity contribution in [3.8, 4) is 0 Å². The van der Waals surface area contributed by atoms with Gasteiger partial charge in [-0.1, -0.05) is 6.92 Å². The molecule has 0 aliphatic rings. The van der Waals surface area contributed by atoms with Crippen molar-refractivity contribution in [1.29, 1.82) is 0 Å². The number of thiophene rings is 1. The molecular weight excluding hydrogens is 344 g/mol. The first kappa shape index (κ1) is 15.6. The highest BCUT2D eigenvalue weighted by molar-refractivity contribution is 9.10. The molecule has 1 N–H and O–H groups in total. The van der Waals surface area contributed by atoms with Crippen molar-refractivity contribution in [1.82, 2.24) is 5.32 Å². The first-order valence-electron chi connectivity index (χ1n) is 6.45. The van der Waals surface area contributed by atoms with Crippen LogP contribution in [0.25, 0.3) is 0 Å². The van der Waals surface area contributed by atoms with Crippen molar-refractivity contribution >= 4 is 27.3 Å². The maximum atomic E-state index is 14.2. The first-order chi connectivity index (χ1) is 9.54. The lowest BCUT2D eigenvalue weighted by Crippen LogP contribution is -2.24. The summed E-state index contributed by atoms with van der Waals surface area (Å²) in [6, 6.07) is 2.14. The number of hydrogen-bond donors (Lipinski definition) is 1. The Balaban J connectivity index is 2.46. The van der Waals surface area contributed by atoms with Gasteiger partial charge in [-0.3, -0.25) is 0 Å². The fraction of sp³-hybridized carbons (Fsp3) is 0.333. The van der Waals surface area contributed by atoms with Crippen molar-refractivity contribution in [2.45, 2.75) is 26.3 Å². The van der Waals surface area contributed by atoms with Gasteiger partial charge in [0, 0.05) is 5.56 Å². The molecule has 0 saturated carbocycles. The Hall–Kier alpha value is -0.780. The number of rotatable bonds is 5. The Bertz CT molecular complexity index is 598. The Morgan fingerprint density at radius 3 is 2.55 bits per heavy atom. The summed E-state index contributed by atoms with van der Waals surface area (Å²) in [6.45, 7) is 4.78. The summed E-state index contributed by atoms with van der Waals surface area (Å²) >= 11 is 4.58. The zero-order valence-electron chi connectivity index (χ0n) is 11.3. The fourth-order valence-electron chi connectivity index (χ4n) is 2.10. The van der Waals surface area contributed by atoms with Crippen molar-refractivity contribution in [2.24, 2.45) is 0 Å². The molecule has 2 aromatic rings. The van der Waals surface area contributed by atoms with Crippen LogP contribution in [0, 0.1) is 18.6 Å². The van der Waals surface area contributed by atoms with E-state index in [0.717, 1.165) is 24.1 Å². The fourth-order valence-corrected chi connectivity index (χ4v) is 3.29. The van der Waals surface area contributed by atoms with Crippen LogP contribution in [0.5, 0.6) is 0 Å². The molecule has 5 heteroatoms. The van der Waals surface area contributed by atoms with Gasteiger partial charge in [-0.25, -0.2) is 8.78 Å². The topological polar surface area (TPSA) is 12.0 Å². The third-order valence-corrected chi connectivity index (χ3v) is 4.64. The second-order valence-electron chi connectivity index (χ2n) is 4.69. The predicted molar refractivity (Wildman–Crippen MR) is 83.3 cm³/mol. The van der Waals surface area contributed by atoms with Gasteiger partial charge in [0.25, 0.3) is 0 Å². The minimum Gasteiger partial charge on any atom is -0.306 e. The van der Waals surface area contributed by atoms with Crippen molar-refractivity contribution < 1.29 is 8.78 Å². The van der Waals surface area contributed by atoms with Gasteiger partial charge in [-0.2, -0.15) is 11.3 Å². The van der Waals surface area contributed by atoms with E-state index in [1.54, 1.807) is 11.3 Å². The van der Waals surface area contributed by atoms with Gasteiger partial charge >= 0.3 is 0 Å². The zero-order chi connectivity index (χ0) is 14.7. The van der Waals surface area contributed by atoms with E-state index in [4.69, 9.17) is 0 Å². The average Bonchev–Trinajstić information content (AvgIpc) is 2.82. The van der Waals surface area contributed by atoms with E-state index in [1.807, 2.05) is 24.6 Å². The summed E-state index contributed by atoms with van der Waals surface area (Å²) in [5.41, 5.74) is 2.44. The highest BCUT2D eigenvalue weighted by atomic mass is 79.9. The maximum absolute atomic E-state index is 14.2. The molecule has 0 saturated heterocycles. The van der Waals surface area contributed by atoms with Crippen LogP contribution in [0.2, 0.25) is 0 Å². The maximum Gasteiger partial charge on any atom is 0.137 e. The molecule has 0 bridgehead atoms. The van der Waals surface area contributed by atoms with E-state index in [2.05, 4.69) is 21.2 Å². The van der Waals surface area contributed by atoms with Crippen LogP contribution in [0.4, 0.5) is 8.78 Å². The van der Waals surface area contributed by atoms with Gasteiger partial charge < -0.3 is 5.32 Å². The van der Waals surface area contributed by atoms with E-state index in [-0.39, 0.29) is 10.5 Å². The van der Waals surface area contributed by atoms with E-state index in [0.29, 0.717) is 5.56 Å². The SMILES string of the molecule is CCCNC(c1cscc1C)c1cc(F)c(Br)cc1F. The lowest BCUT2D eigenvalue weighted by molar-refractivity contribution is 0.532. The zero-order valence-corrected chi connectivity index (χ0v) is 13.7. The highest BCUT2D eigenvalue weighted by Gasteiger charge is 2.21. The summed E-state index contributed by atoms with van der Waals surface area (Å²) < 4.78 is 28.1. The number of benzene rings is 1. The van der Waals surface area contributed by atoms with Crippen molar-refractivity contribution in [2.75, 3.05) is 6.54 Å². The quantitative estimate of drug-likeness (QED) is 0.724. The summed E-state index contributed by atoms with van der Waals surface area (Å²) in [5, 5.41) is 7.31. The number of nitrogens with one attached hydrogen (secondary N) is 1. The molecule has 0 spiro atoms. The van der Waals surface area contributed by atoms with Crippen LogP contribution in [0.3, 0.4) is 0 Å². The largest absolute Gasteiger partial charge is 0.306 e. The molecular formula is C15H16BrF2NS. The Kier molecular flexibility index (Phi) is 5.29. The minimum absolute atomic E-state index is 0.148. The smallest absolute Gasteiger partial charge is 0.137 e. The molecule has 108 valence electrons. The highest BCUT2D eigenvalue weighted by Crippen LogP contribution is 2.31. The Morgan fingerprint density at radius 1 is 1.20 bits per heavy atom. The lowest BCUT2D eigenvalue weighted by Gasteiger charge is -2.20. The normalized spacial score (nSPS) is 12.7. The van der Waals surface area contributed by atoms with Crippen molar-refractivity contribution in [3.63, 3.8) is 0 Å². The molecule has 1 nitrogen and oxygen atoms in total. The molecule has 0 aliphatic heterocycles. The third kappa shape index (κ3) is 3.27. The minimum atomic E-state index is -0.447. The summed E-state index contributed by atoms with van der Waals surface area (Å²) in [4.78, 5) is 0. The number of aryl methyl sites for hydroxylation is 1. The summed E-state index contributed by atoms with van der Waals surface area (Å²) in [6.07, 6.45) is 0.931. The average molecular weight is 360 g/mol. The van der Waals surface area contributed by atoms with E-state index in [9.17, 15) is 8.78 Å². The van der Waals surface area contributed by atoms with Crippen LogP contribution < -0.4 is 5.32 Å². The molecule has 0 radical (unpaired) electrons. The number of hydrogen-bond acceptors (Lipinski definition) is 2. The van der Waals surface area contributed by atoms with Crippen LogP contribution in [-0.4, -0.2) is 6.54 Å². The van der Waals surface area contributed by atoms with E-state index < -0.39 is 11.6 Å². The molecule has 0 amide bonds. The van der Waals surface area contributed by atoms with Gasteiger partial charge in [-0.05, 0) is 69.8 Å². The second-order valence-corrected chi connectivity index (χ2v) is 6.28. The summed E-state index contributed by atoms with van der Waals surface area (Å²) in [7, 11) is 0. The molecule has 0 aliphatic carbocycles. The second kappa shape index (κ2) is 6.78. The summed E-state index contributed by atoms with van der Waals surface area (Å²) in [5.74, 6) is -0.852. The molecule has 1 heterocycles. The van der Waals surface area contributed by atoms with E-state index in [1.165, 1.54) is 12.1 Å². The van der Waals surface area contributed by atoms with Crippen LogP contribution in [-0.2, 0) is 0 Å². The Labute approximate surface area is 130 Å². The molecule has 2 rings (SSSR count). The van der Waals surface area contributed by atoms with Gasteiger partial charge in [0.05, 0.1) is 10.5 Å². The molecule has 1 aromatic carbocycles. The van der Waals surface area contributed by atoms with Crippen LogP contribution in [0.15, 0.2) is 27.4 Å². The predicted octanol–water partition coefficient (Wildman–Crippen LogP) is 5.19. The molecule has 1 aromatic heterocycles. The molecule has 1 unspecified atom stereocenters. The van der Waals surface area contributed by atoms with Gasteiger partial charge in [-0.15, -0.1) is 0 Å². The third-order valence-electron chi connectivity index (χ3n) is 3.16. The van der Waals surface area contributed by atoms with Gasteiger partial charge in [0.2, 0.25) is 0 Å². The van der Waals surface area contributed by atoms with Crippen LogP contribution in [0.1, 0.15) is 36.1 Å². The molecule has 0 fully saturated rings.